The first-order chi connectivity index (χ1) is 13.3. The van der Waals surface area contributed by atoms with Gasteiger partial charge in [-0.2, -0.15) is 0 Å². The lowest BCUT2D eigenvalue weighted by molar-refractivity contribution is 0.144. The molecule has 0 heterocycles. The Morgan fingerprint density at radius 1 is 1.29 bits per heavy atom. The monoisotopic (exact) mass is 410 g/mol. The summed E-state index contributed by atoms with van der Waals surface area (Å²) >= 11 is 0. The van der Waals surface area contributed by atoms with Crippen molar-refractivity contribution in [2.45, 2.75) is 44.2 Å². The summed E-state index contributed by atoms with van der Waals surface area (Å²) in [6.45, 7) is 8.63. The van der Waals surface area contributed by atoms with Crippen LogP contribution < -0.4 is 10.6 Å². The lowest BCUT2D eigenvalue weighted by atomic mass is 10.1. The molecule has 158 valence electrons. The van der Waals surface area contributed by atoms with Gasteiger partial charge in [-0.05, 0) is 43.9 Å². The van der Waals surface area contributed by atoms with Crippen molar-refractivity contribution in [3.63, 3.8) is 0 Å². The van der Waals surface area contributed by atoms with Gasteiger partial charge in [0.1, 0.15) is 0 Å². The number of aryl methyl sites for hydroxylation is 1. The number of guanidine groups is 1. The lowest BCUT2D eigenvalue weighted by Gasteiger charge is -2.22. The minimum Gasteiger partial charge on any atom is -0.383 e. The van der Waals surface area contributed by atoms with Gasteiger partial charge in [-0.15, -0.1) is 0 Å². The van der Waals surface area contributed by atoms with E-state index in [-0.39, 0.29) is 0 Å². The highest BCUT2D eigenvalue weighted by atomic mass is 32.2. The number of ether oxygens (including phenoxy) is 1. The lowest BCUT2D eigenvalue weighted by Crippen LogP contribution is -2.42. The minimum atomic E-state index is -3.19. The third-order valence-electron chi connectivity index (χ3n) is 4.74. The van der Waals surface area contributed by atoms with Crippen LogP contribution in [0.4, 0.5) is 0 Å². The molecule has 28 heavy (non-hydrogen) atoms. The molecule has 0 radical (unpaired) electrons. The number of nitrogens with one attached hydrogen (secondary N) is 2. The second-order valence-corrected chi connectivity index (χ2v) is 9.24. The van der Waals surface area contributed by atoms with Gasteiger partial charge in [0.05, 0.1) is 18.0 Å². The molecule has 1 fully saturated rings. The van der Waals surface area contributed by atoms with Crippen LogP contribution in [0.5, 0.6) is 0 Å². The average molecular weight is 411 g/mol. The summed E-state index contributed by atoms with van der Waals surface area (Å²) in [5, 5.41) is 6.66. The van der Waals surface area contributed by atoms with Crippen molar-refractivity contribution in [1.29, 1.82) is 0 Å². The number of rotatable bonds is 11. The standard InChI is InChI=1S/C20H34N4O3S/c1-5-21-20(22-10-11-24(12-13-27-3)18-7-8-18)23-15-17-6-9-19(16(2)14-17)28(4,25)26/h6,9,14,18H,5,7-8,10-13,15H2,1-4H3,(H2,21,22,23). The van der Waals surface area contributed by atoms with E-state index >= 15 is 0 Å². The summed E-state index contributed by atoms with van der Waals surface area (Å²) in [7, 11) is -1.45. The molecule has 2 N–H and O–H groups in total. The Kier molecular flexibility index (Phi) is 8.72. The van der Waals surface area contributed by atoms with Crippen molar-refractivity contribution in [2.24, 2.45) is 4.99 Å². The Morgan fingerprint density at radius 2 is 2.04 bits per heavy atom. The third-order valence-corrected chi connectivity index (χ3v) is 6.00. The Hall–Kier alpha value is -1.64. The van der Waals surface area contributed by atoms with Crippen molar-refractivity contribution < 1.29 is 13.2 Å². The number of benzene rings is 1. The topological polar surface area (TPSA) is 83.0 Å². The molecule has 1 aliphatic carbocycles. The van der Waals surface area contributed by atoms with Crippen molar-refractivity contribution >= 4 is 15.8 Å². The van der Waals surface area contributed by atoms with E-state index in [0.717, 1.165) is 49.9 Å². The molecule has 7 nitrogen and oxygen atoms in total. The molecule has 0 spiro atoms. The molecule has 8 heteroatoms. The van der Waals surface area contributed by atoms with Gasteiger partial charge < -0.3 is 15.4 Å². The van der Waals surface area contributed by atoms with Gasteiger partial charge in [-0.1, -0.05) is 12.1 Å². The Bertz CT molecular complexity index is 761. The van der Waals surface area contributed by atoms with Crippen molar-refractivity contribution in [1.82, 2.24) is 15.5 Å². The van der Waals surface area contributed by atoms with Crippen LogP contribution in [-0.4, -0.2) is 71.5 Å². The van der Waals surface area contributed by atoms with Crippen LogP contribution in [-0.2, 0) is 21.1 Å². The summed E-state index contributed by atoms with van der Waals surface area (Å²) in [5.41, 5.74) is 1.74. The van der Waals surface area contributed by atoms with E-state index in [1.807, 2.05) is 26.0 Å². The van der Waals surface area contributed by atoms with Crippen LogP contribution in [0.2, 0.25) is 0 Å². The Morgan fingerprint density at radius 3 is 2.61 bits per heavy atom. The zero-order chi connectivity index (χ0) is 20.6. The molecule has 0 saturated heterocycles. The zero-order valence-electron chi connectivity index (χ0n) is 17.5. The fraction of sp³-hybridized carbons (Fsp3) is 0.650. The molecule has 1 aromatic rings. The second-order valence-electron chi connectivity index (χ2n) is 7.25. The van der Waals surface area contributed by atoms with Gasteiger partial charge >= 0.3 is 0 Å². The summed E-state index contributed by atoms with van der Waals surface area (Å²) in [5.74, 6) is 0.773. The highest BCUT2D eigenvalue weighted by Crippen LogP contribution is 2.26. The maximum atomic E-state index is 11.7. The number of methoxy groups -OCH3 is 1. The van der Waals surface area contributed by atoms with E-state index in [1.54, 1.807) is 13.2 Å². The number of sulfone groups is 1. The molecular weight excluding hydrogens is 376 g/mol. The first kappa shape index (κ1) is 22.6. The molecule has 0 amide bonds. The van der Waals surface area contributed by atoms with E-state index in [0.29, 0.717) is 17.5 Å². The van der Waals surface area contributed by atoms with Gasteiger partial charge in [0.25, 0.3) is 0 Å². The third kappa shape index (κ3) is 7.41. The van der Waals surface area contributed by atoms with Crippen molar-refractivity contribution in [3.05, 3.63) is 29.3 Å². The fourth-order valence-corrected chi connectivity index (χ4v) is 4.14. The predicted octanol–water partition coefficient (Wildman–Crippen LogP) is 1.56. The largest absolute Gasteiger partial charge is 0.383 e. The quantitative estimate of drug-likeness (QED) is 0.426. The van der Waals surface area contributed by atoms with Crippen LogP contribution in [0.25, 0.3) is 0 Å². The highest BCUT2D eigenvalue weighted by molar-refractivity contribution is 7.90. The van der Waals surface area contributed by atoms with Gasteiger partial charge in [0.15, 0.2) is 15.8 Å². The van der Waals surface area contributed by atoms with E-state index in [1.165, 1.54) is 19.1 Å². The second kappa shape index (κ2) is 10.8. The molecule has 1 aliphatic rings. The fourth-order valence-electron chi connectivity index (χ4n) is 3.18. The molecule has 2 rings (SSSR count). The molecular formula is C20H34N4O3S. The van der Waals surface area contributed by atoms with Crippen LogP contribution >= 0.6 is 0 Å². The smallest absolute Gasteiger partial charge is 0.191 e. The van der Waals surface area contributed by atoms with E-state index in [4.69, 9.17) is 4.74 Å². The van der Waals surface area contributed by atoms with Crippen LogP contribution in [0.15, 0.2) is 28.1 Å². The number of aliphatic imine (C=N–C) groups is 1. The molecule has 1 aromatic carbocycles. The van der Waals surface area contributed by atoms with Crippen LogP contribution in [0.1, 0.15) is 30.9 Å². The summed E-state index contributed by atoms with van der Waals surface area (Å²) in [4.78, 5) is 7.48. The molecule has 0 aromatic heterocycles. The molecule has 1 saturated carbocycles. The molecule has 0 bridgehead atoms. The van der Waals surface area contributed by atoms with Crippen molar-refractivity contribution in [2.75, 3.05) is 46.2 Å². The van der Waals surface area contributed by atoms with Gasteiger partial charge in [0, 0.05) is 45.6 Å². The normalized spacial score (nSPS) is 15.1. The molecule has 0 unspecified atom stereocenters. The SMILES string of the molecule is CCNC(=NCc1ccc(S(C)(=O)=O)c(C)c1)NCCN(CCOC)C1CC1. The summed E-state index contributed by atoms with van der Waals surface area (Å²) in [6.07, 6.45) is 3.79. The van der Waals surface area contributed by atoms with Crippen LogP contribution in [0.3, 0.4) is 0 Å². The maximum Gasteiger partial charge on any atom is 0.191 e. The highest BCUT2D eigenvalue weighted by Gasteiger charge is 2.28. The van der Waals surface area contributed by atoms with Gasteiger partial charge in [-0.3, -0.25) is 4.90 Å². The Balaban J connectivity index is 1.91. The summed E-state index contributed by atoms with van der Waals surface area (Å²) in [6, 6.07) is 6.09. The van der Waals surface area contributed by atoms with Crippen molar-refractivity contribution in [3.8, 4) is 0 Å². The van der Waals surface area contributed by atoms with Crippen LogP contribution in [0, 0.1) is 6.92 Å². The predicted molar refractivity (Wildman–Crippen MR) is 114 cm³/mol. The maximum absolute atomic E-state index is 11.7. The molecule has 0 aliphatic heterocycles. The van der Waals surface area contributed by atoms with E-state index in [9.17, 15) is 8.42 Å². The van der Waals surface area contributed by atoms with Gasteiger partial charge in [0.2, 0.25) is 0 Å². The zero-order valence-corrected chi connectivity index (χ0v) is 18.3. The first-order valence-corrected chi connectivity index (χ1v) is 11.8. The van der Waals surface area contributed by atoms with Gasteiger partial charge in [-0.25, -0.2) is 13.4 Å². The van der Waals surface area contributed by atoms with E-state index < -0.39 is 9.84 Å². The minimum absolute atomic E-state index is 0.376. The van der Waals surface area contributed by atoms with E-state index in [2.05, 4.69) is 20.5 Å². The molecule has 0 atom stereocenters. The average Bonchev–Trinajstić information content (AvgIpc) is 3.46. The Labute approximate surface area is 169 Å². The number of nitrogens with zero attached hydrogens (tertiary/aromatic N) is 2. The first-order valence-electron chi connectivity index (χ1n) is 9.90. The summed E-state index contributed by atoms with van der Waals surface area (Å²) < 4.78 is 28.7. The number of hydrogen-bond acceptors (Lipinski definition) is 5. The number of hydrogen-bond donors (Lipinski definition) is 2.